The van der Waals surface area contributed by atoms with Crippen molar-refractivity contribution in [3.8, 4) is 0 Å². The second-order valence-electron chi connectivity index (χ2n) is 4.00. The maximum absolute atomic E-state index is 9.10. The van der Waals surface area contributed by atoms with E-state index in [1.807, 2.05) is 6.08 Å². The van der Waals surface area contributed by atoms with Crippen LogP contribution in [0.15, 0.2) is 35.8 Å². The minimum absolute atomic E-state index is 0.309. The van der Waals surface area contributed by atoms with E-state index in [2.05, 4.69) is 12.2 Å². The smallest absolute Gasteiger partial charge is 0.300 e. The van der Waals surface area contributed by atoms with Crippen LogP contribution in [-0.2, 0) is 9.53 Å². The van der Waals surface area contributed by atoms with Gasteiger partial charge in [-0.15, -0.1) is 0 Å². The Hall–Kier alpha value is -1.71. The van der Waals surface area contributed by atoms with Crippen molar-refractivity contribution in [3.05, 3.63) is 35.8 Å². The third kappa shape index (κ3) is 5.24. The SMILES string of the molecule is CC(=O)O.OC1=CC=C(C2C=CCCC2)OC1. The molecule has 1 aliphatic heterocycles. The molecule has 1 unspecified atom stereocenters. The summed E-state index contributed by atoms with van der Waals surface area (Å²) in [5, 5.41) is 16.5. The van der Waals surface area contributed by atoms with Gasteiger partial charge in [-0.05, 0) is 31.4 Å². The highest BCUT2D eigenvalue weighted by Crippen LogP contribution is 2.26. The molecule has 0 spiro atoms. The molecule has 4 heteroatoms. The Bertz CT molecular complexity index is 348. The first-order chi connectivity index (χ1) is 8.09. The van der Waals surface area contributed by atoms with Crippen molar-refractivity contribution in [1.82, 2.24) is 0 Å². The Balaban J connectivity index is 0.000000317. The highest BCUT2D eigenvalue weighted by molar-refractivity contribution is 5.62. The van der Waals surface area contributed by atoms with Crippen molar-refractivity contribution in [2.45, 2.75) is 26.2 Å². The Labute approximate surface area is 101 Å². The second kappa shape index (κ2) is 6.78. The molecule has 0 saturated heterocycles. The van der Waals surface area contributed by atoms with Gasteiger partial charge >= 0.3 is 0 Å². The Morgan fingerprint density at radius 1 is 1.47 bits per heavy atom. The summed E-state index contributed by atoms with van der Waals surface area (Å²) in [6.45, 7) is 1.41. The third-order valence-corrected chi connectivity index (χ3v) is 2.45. The largest absolute Gasteiger partial charge is 0.509 e. The molecule has 0 amide bonds. The van der Waals surface area contributed by atoms with Crippen LogP contribution in [-0.4, -0.2) is 22.8 Å². The van der Waals surface area contributed by atoms with E-state index in [1.165, 1.54) is 12.8 Å². The summed E-state index contributed by atoms with van der Waals surface area (Å²) < 4.78 is 5.42. The number of carboxylic acids is 1. The standard InChI is InChI=1S/C11H14O2.C2H4O2/c12-10-6-7-11(13-8-10)9-4-2-1-3-5-9;1-2(3)4/h2,4,6-7,9,12H,1,3,5,8H2;1H3,(H,3,4). The van der Waals surface area contributed by atoms with Gasteiger partial charge in [0.2, 0.25) is 0 Å². The van der Waals surface area contributed by atoms with Gasteiger partial charge in [0.25, 0.3) is 5.97 Å². The number of hydrogen-bond acceptors (Lipinski definition) is 3. The van der Waals surface area contributed by atoms with E-state index in [0.717, 1.165) is 19.1 Å². The van der Waals surface area contributed by atoms with E-state index >= 15 is 0 Å². The van der Waals surface area contributed by atoms with E-state index in [0.29, 0.717) is 18.3 Å². The fourth-order valence-electron chi connectivity index (χ4n) is 1.71. The van der Waals surface area contributed by atoms with Crippen LogP contribution < -0.4 is 0 Å². The minimum atomic E-state index is -0.833. The average Bonchev–Trinajstić information content (AvgIpc) is 2.30. The van der Waals surface area contributed by atoms with Gasteiger partial charge in [0.05, 0.1) is 0 Å². The molecule has 0 fully saturated rings. The molecule has 0 aromatic rings. The van der Waals surface area contributed by atoms with Crippen LogP contribution in [0, 0.1) is 5.92 Å². The molecule has 1 aliphatic carbocycles. The lowest BCUT2D eigenvalue weighted by Gasteiger charge is -2.22. The van der Waals surface area contributed by atoms with Crippen molar-refractivity contribution >= 4 is 5.97 Å². The number of aliphatic carboxylic acids is 1. The van der Waals surface area contributed by atoms with E-state index in [4.69, 9.17) is 19.7 Å². The summed E-state index contributed by atoms with van der Waals surface area (Å²) in [7, 11) is 0. The van der Waals surface area contributed by atoms with Crippen LogP contribution in [0.2, 0.25) is 0 Å². The average molecular weight is 238 g/mol. The molecule has 0 aromatic carbocycles. The molecule has 17 heavy (non-hydrogen) atoms. The quantitative estimate of drug-likeness (QED) is 0.689. The fourth-order valence-corrected chi connectivity index (χ4v) is 1.71. The summed E-state index contributed by atoms with van der Waals surface area (Å²) >= 11 is 0. The summed E-state index contributed by atoms with van der Waals surface area (Å²) in [6.07, 6.45) is 11.6. The van der Waals surface area contributed by atoms with Crippen LogP contribution in [0.5, 0.6) is 0 Å². The van der Waals surface area contributed by atoms with Gasteiger partial charge in [-0.1, -0.05) is 12.2 Å². The number of aliphatic hydroxyl groups excluding tert-OH is 1. The maximum Gasteiger partial charge on any atom is 0.300 e. The zero-order chi connectivity index (χ0) is 12.7. The molecular formula is C13H18O4. The molecule has 2 aliphatic rings. The summed E-state index contributed by atoms with van der Waals surface area (Å²) in [4.78, 5) is 9.00. The van der Waals surface area contributed by atoms with Crippen LogP contribution in [0.1, 0.15) is 26.2 Å². The Kier molecular flexibility index (Phi) is 5.33. The normalized spacial score (nSPS) is 22.5. The molecule has 2 N–H and O–H groups in total. The zero-order valence-corrected chi connectivity index (χ0v) is 9.93. The van der Waals surface area contributed by atoms with Gasteiger partial charge in [0, 0.05) is 12.8 Å². The fraction of sp³-hybridized carbons (Fsp3) is 0.462. The molecule has 94 valence electrons. The lowest BCUT2D eigenvalue weighted by atomic mass is 9.93. The maximum atomic E-state index is 9.10. The molecule has 0 aromatic heterocycles. The first-order valence-corrected chi connectivity index (χ1v) is 5.68. The van der Waals surface area contributed by atoms with Crippen molar-refractivity contribution in [2.24, 2.45) is 5.92 Å². The lowest BCUT2D eigenvalue weighted by Crippen LogP contribution is -2.11. The second-order valence-corrected chi connectivity index (χ2v) is 4.00. The van der Waals surface area contributed by atoms with Crippen molar-refractivity contribution in [1.29, 1.82) is 0 Å². The van der Waals surface area contributed by atoms with E-state index < -0.39 is 5.97 Å². The predicted molar refractivity (Wildman–Crippen MR) is 64.5 cm³/mol. The third-order valence-electron chi connectivity index (χ3n) is 2.45. The molecule has 0 bridgehead atoms. The van der Waals surface area contributed by atoms with Crippen LogP contribution in [0.25, 0.3) is 0 Å². The topological polar surface area (TPSA) is 66.8 Å². The first kappa shape index (κ1) is 13.4. The highest BCUT2D eigenvalue weighted by atomic mass is 16.5. The van der Waals surface area contributed by atoms with Gasteiger partial charge in [0.15, 0.2) is 0 Å². The molecule has 0 radical (unpaired) electrons. The van der Waals surface area contributed by atoms with Crippen LogP contribution in [0.3, 0.4) is 0 Å². The molecule has 1 heterocycles. The number of aliphatic hydroxyl groups is 1. The van der Waals surface area contributed by atoms with Gasteiger partial charge in [-0.25, -0.2) is 0 Å². The lowest BCUT2D eigenvalue weighted by molar-refractivity contribution is -0.134. The number of allylic oxidation sites excluding steroid dienone is 4. The molecular weight excluding hydrogens is 220 g/mol. The Morgan fingerprint density at radius 2 is 2.18 bits per heavy atom. The zero-order valence-electron chi connectivity index (χ0n) is 9.93. The molecule has 4 nitrogen and oxygen atoms in total. The van der Waals surface area contributed by atoms with Crippen molar-refractivity contribution in [2.75, 3.05) is 6.61 Å². The molecule has 0 saturated carbocycles. The number of hydrogen-bond donors (Lipinski definition) is 2. The van der Waals surface area contributed by atoms with Crippen molar-refractivity contribution in [3.63, 3.8) is 0 Å². The minimum Gasteiger partial charge on any atom is -0.509 e. The van der Waals surface area contributed by atoms with Crippen LogP contribution >= 0.6 is 0 Å². The number of carboxylic acid groups (broad SMARTS) is 1. The van der Waals surface area contributed by atoms with Gasteiger partial charge in [-0.3, -0.25) is 4.79 Å². The van der Waals surface area contributed by atoms with E-state index in [1.54, 1.807) is 6.08 Å². The number of ether oxygens (including phenoxy) is 1. The van der Waals surface area contributed by atoms with Gasteiger partial charge in [0.1, 0.15) is 18.1 Å². The van der Waals surface area contributed by atoms with Gasteiger partial charge in [-0.2, -0.15) is 0 Å². The summed E-state index contributed by atoms with van der Waals surface area (Å²) in [5.74, 6) is 0.899. The predicted octanol–water partition coefficient (Wildman–Crippen LogP) is 2.79. The van der Waals surface area contributed by atoms with E-state index in [-0.39, 0.29) is 0 Å². The monoisotopic (exact) mass is 238 g/mol. The summed E-state index contributed by atoms with van der Waals surface area (Å²) in [5.41, 5.74) is 0. The van der Waals surface area contributed by atoms with E-state index in [9.17, 15) is 0 Å². The summed E-state index contributed by atoms with van der Waals surface area (Å²) in [6, 6.07) is 0. The highest BCUT2D eigenvalue weighted by Gasteiger charge is 2.16. The first-order valence-electron chi connectivity index (χ1n) is 5.68. The van der Waals surface area contributed by atoms with Crippen LogP contribution in [0.4, 0.5) is 0 Å². The molecule has 2 rings (SSSR count). The molecule has 1 atom stereocenters. The van der Waals surface area contributed by atoms with Gasteiger partial charge < -0.3 is 14.9 Å². The van der Waals surface area contributed by atoms with Crippen molar-refractivity contribution < 1.29 is 19.7 Å². The number of carbonyl (C=O) groups is 1. The Morgan fingerprint density at radius 3 is 2.65 bits per heavy atom. The number of rotatable bonds is 1.